The van der Waals surface area contributed by atoms with Gasteiger partial charge in [0.2, 0.25) is 0 Å². The summed E-state index contributed by atoms with van der Waals surface area (Å²) in [5, 5.41) is 5.16. The van der Waals surface area contributed by atoms with Crippen molar-refractivity contribution in [3.05, 3.63) is 46.7 Å². The summed E-state index contributed by atoms with van der Waals surface area (Å²) >= 11 is 6.33. The lowest BCUT2D eigenvalue weighted by atomic mass is 10.1. The van der Waals surface area contributed by atoms with Crippen molar-refractivity contribution in [1.82, 2.24) is 9.78 Å². The molecule has 2 rings (SSSR count). The molecule has 21 heavy (non-hydrogen) atoms. The second-order valence-electron chi connectivity index (χ2n) is 5.10. The first-order valence-corrected chi connectivity index (χ1v) is 7.63. The Morgan fingerprint density at radius 2 is 2.05 bits per heavy atom. The number of nitrogens with zero attached hydrogens (tertiary/aromatic N) is 2. The number of para-hydroxylation sites is 1. The zero-order chi connectivity index (χ0) is 15.2. The number of aryl methyl sites for hydroxylation is 2. The Kier molecular flexibility index (Phi) is 5.65. The van der Waals surface area contributed by atoms with Gasteiger partial charge < -0.3 is 10.5 Å². The van der Waals surface area contributed by atoms with Crippen molar-refractivity contribution in [2.45, 2.75) is 32.2 Å². The Bertz CT molecular complexity index is 568. The molecule has 0 saturated carbocycles. The summed E-state index contributed by atoms with van der Waals surface area (Å²) in [6, 6.07) is 9.77. The van der Waals surface area contributed by atoms with Gasteiger partial charge in [-0.05, 0) is 25.0 Å². The quantitative estimate of drug-likeness (QED) is 0.855. The van der Waals surface area contributed by atoms with Gasteiger partial charge in [0.25, 0.3) is 0 Å². The maximum absolute atomic E-state index is 6.33. The first-order chi connectivity index (χ1) is 10.1. The van der Waals surface area contributed by atoms with Crippen molar-refractivity contribution < 1.29 is 4.74 Å². The molecule has 1 atom stereocenters. The third kappa shape index (κ3) is 4.22. The minimum Gasteiger partial charge on any atom is -0.494 e. The van der Waals surface area contributed by atoms with Crippen LogP contribution in [-0.2, 0) is 19.9 Å². The maximum atomic E-state index is 6.33. The number of ether oxygens (including phenoxy) is 1. The minimum absolute atomic E-state index is 0.00585. The molecule has 1 unspecified atom stereocenters. The number of hydrogen-bond donors (Lipinski definition) is 1. The van der Waals surface area contributed by atoms with Gasteiger partial charge in [-0.3, -0.25) is 4.68 Å². The molecule has 0 saturated heterocycles. The van der Waals surface area contributed by atoms with E-state index in [-0.39, 0.29) is 6.04 Å². The van der Waals surface area contributed by atoms with Gasteiger partial charge in [-0.2, -0.15) is 5.10 Å². The molecule has 0 radical (unpaired) electrons. The second kappa shape index (κ2) is 7.48. The zero-order valence-electron chi connectivity index (χ0n) is 12.6. The number of benzene rings is 1. The van der Waals surface area contributed by atoms with Gasteiger partial charge in [-0.15, -0.1) is 0 Å². The van der Waals surface area contributed by atoms with Gasteiger partial charge >= 0.3 is 0 Å². The Morgan fingerprint density at radius 1 is 1.33 bits per heavy atom. The number of aromatic nitrogens is 2. The number of halogens is 1. The van der Waals surface area contributed by atoms with Crippen molar-refractivity contribution >= 4 is 11.6 Å². The van der Waals surface area contributed by atoms with E-state index in [0.717, 1.165) is 35.0 Å². The fourth-order valence-corrected chi connectivity index (χ4v) is 2.61. The van der Waals surface area contributed by atoms with Crippen LogP contribution in [0.2, 0.25) is 5.02 Å². The smallest absolute Gasteiger partial charge is 0.119 e. The summed E-state index contributed by atoms with van der Waals surface area (Å²) in [5.74, 6) is 0.872. The zero-order valence-corrected chi connectivity index (χ0v) is 13.3. The van der Waals surface area contributed by atoms with Gasteiger partial charge in [0, 0.05) is 19.5 Å². The second-order valence-corrected chi connectivity index (χ2v) is 5.48. The Hall–Kier alpha value is -1.52. The highest BCUT2D eigenvalue weighted by Gasteiger charge is 2.15. The van der Waals surface area contributed by atoms with Crippen LogP contribution in [0.4, 0.5) is 0 Å². The summed E-state index contributed by atoms with van der Waals surface area (Å²) in [6.45, 7) is 2.65. The molecule has 114 valence electrons. The molecule has 0 amide bonds. The lowest BCUT2D eigenvalue weighted by Crippen LogP contribution is -2.26. The van der Waals surface area contributed by atoms with Crippen LogP contribution in [0.5, 0.6) is 5.75 Å². The lowest BCUT2D eigenvalue weighted by molar-refractivity contribution is 0.296. The predicted molar refractivity (Wildman–Crippen MR) is 85.8 cm³/mol. The fourth-order valence-electron chi connectivity index (χ4n) is 2.24. The highest BCUT2D eigenvalue weighted by Crippen LogP contribution is 2.22. The van der Waals surface area contributed by atoms with Gasteiger partial charge in [0.05, 0.1) is 23.0 Å². The first kappa shape index (κ1) is 15.9. The lowest BCUT2D eigenvalue weighted by Gasteiger charge is -2.13. The van der Waals surface area contributed by atoms with Crippen LogP contribution < -0.4 is 10.5 Å². The molecule has 0 aliphatic carbocycles. The molecule has 2 N–H and O–H groups in total. The molecule has 0 fully saturated rings. The van der Waals surface area contributed by atoms with Crippen molar-refractivity contribution in [1.29, 1.82) is 0 Å². The molecule has 1 heterocycles. The largest absolute Gasteiger partial charge is 0.494 e. The van der Waals surface area contributed by atoms with Crippen LogP contribution in [0.25, 0.3) is 0 Å². The van der Waals surface area contributed by atoms with Gasteiger partial charge in [0.15, 0.2) is 0 Å². The van der Waals surface area contributed by atoms with E-state index in [1.165, 1.54) is 0 Å². The van der Waals surface area contributed by atoms with E-state index in [1.807, 2.05) is 49.0 Å². The highest BCUT2D eigenvalue weighted by atomic mass is 35.5. The SMILES string of the molecule is CCc1nn(C)c(CC(N)CCOc2ccccc2)c1Cl. The third-order valence-corrected chi connectivity index (χ3v) is 3.90. The number of hydrogen-bond acceptors (Lipinski definition) is 3. The third-order valence-electron chi connectivity index (χ3n) is 3.46. The molecule has 0 aliphatic rings. The van der Waals surface area contributed by atoms with Crippen LogP contribution in [0.15, 0.2) is 30.3 Å². The van der Waals surface area contributed by atoms with Gasteiger partial charge in [-0.25, -0.2) is 0 Å². The van der Waals surface area contributed by atoms with Gasteiger partial charge in [0.1, 0.15) is 5.75 Å². The Labute approximate surface area is 130 Å². The van der Waals surface area contributed by atoms with Crippen LogP contribution in [0, 0.1) is 0 Å². The monoisotopic (exact) mass is 307 g/mol. The highest BCUT2D eigenvalue weighted by molar-refractivity contribution is 6.31. The molecular formula is C16H22ClN3O. The van der Waals surface area contributed by atoms with E-state index in [2.05, 4.69) is 5.10 Å². The molecule has 1 aromatic heterocycles. The summed E-state index contributed by atoms with van der Waals surface area (Å²) < 4.78 is 7.50. The topological polar surface area (TPSA) is 53.1 Å². The summed E-state index contributed by atoms with van der Waals surface area (Å²) in [5.41, 5.74) is 8.11. The van der Waals surface area contributed by atoms with E-state index < -0.39 is 0 Å². The van der Waals surface area contributed by atoms with Crippen molar-refractivity contribution in [3.63, 3.8) is 0 Å². The van der Waals surface area contributed by atoms with Crippen LogP contribution in [0.3, 0.4) is 0 Å². The number of rotatable bonds is 7. The Balaban J connectivity index is 1.85. The summed E-state index contributed by atoms with van der Waals surface area (Å²) in [6.07, 6.45) is 2.32. The Morgan fingerprint density at radius 3 is 2.67 bits per heavy atom. The van der Waals surface area contributed by atoms with Crippen molar-refractivity contribution in [2.75, 3.05) is 6.61 Å². The first-order valence-electron chi connectivity index (χ1n) is 7.25. The minimum atomic E-state index is 0.00585. The molecule has 0 aliphatic heterocycles. The molecule has 2 aromatic rings. The average molecular weight is 308 g/mol. The van der Waals surface area contributed by atoms with Crippen LogP contribution in [-0.4, -0.2) is 22.4 Å². The van der Waals surface area contributed by atoms with Crippen molar-refractivity contribution in [3.8, 4) is 5.75 Å². The van der Waals surface area contributed by atoms with E-state index in [0.29, 0.717) is 13.0 Å². The van der Waals surface area contributed by atoms with E-state index in [9.17, 15) is 0 Å². The molecule has 1 aromatic carbocycles. The molecule has 4 nitrogen and oxygen atoms in total. The maximum Gasteiger partial charge on any atom is 0.119 e. The molecule has 0 bridgehead atoms. The van der Waals surface area contributed by atoms with Crippen LogP contribution in [0.1, 0.15) is 24.7 Å². The summed E-state index contributed by atoms with van der Waals surface area (Å²) in [7, 11) is 1.91. The average Bonchev–Trinajstić information content (AvgIpc) is 2.76. The standard InChI is InChI=1S/C16H22ClN3O/c1-3-14-16(17)15(20(2)19-14)11-12(18)9-10-21-13-7-5-4-6-8-13/h4-8,12H,3,9-11,18H2,1-2H3. The normalized spacial score (nSPS) is 12.4. The molecular weight excluding hydrogens is 286 g/mol. The van der Waals surface area contributed by atoms with Crippen LogP contribution >= 0.6 is 11.6 Å². The van der Waals surface area contributed by atoms with Crippen molar-refractivity contribution in [2.24, 2.45) is 12.8 Å². The van der Waals surface area contributed by atoms with Gasteiger partial charge in [-0.1, -0.05) is 36.7 Å². The fraction of sp³-hybridized carbons (Fsp3) is 0.438. The predicted octanol–water partition coefficient (Wildman–Crippen LogP) is 2.97. The summed E-state index contributed by atoms with van der Waals surface area (Å²) in [4.78, 5) is 0. The number of nitrogens with two attached hydrogens (primary N) is 1. The van der Waals surface area contributed by atoms with E-state index >= 15 is 0 Å². The molecule has 0 spiro atoms. The molecule has 5 heteroatoms. The van der Waals surface area contributed by atoms with E-state index in [4.69, 9.17) is 22.1 Å². The van der Waals surface area contributed by atoms with E-state index in [1.54, 1.807) is 0 Å².